The molecule has 4 aliphatic rings. The van der Waals surface area contributed by atoms with Crippen LogP contribution in [-0.2, 0) is 4.79 Å². The molecule has 4 aliphatic heterocycles. The van der Waals surface area contributed by atoms with Gasteiger partial charge in [-0.15, -0.1) is 0 Å². The van der Waals surface area contributed by atoms with Crippen LogP contribution >= 0.6 is 0 Å². The molecule has 0 unspecified atom stereocenters. The molecular formula is C44H55N9O3. The van der Waals surface area contributed by atoms with E-state index >= 15 is 0 Å². The molecule has 6 heterocycles. The Hall–Kier alpha value is -5.88. The molecule has 3 aromatic carbocycles. The quantitative estimate of drug-likeness (QED) is 0.146. The molecule has 0 spiro atoms. The van der Waals surface area contributed by atoms with E-state index in [1.165, 1.54) is 24.2 Å². The number of carbonyl (C=O) groups is 2. The van der Waals surface area contributed by atoms with Gasteiger partial charge in [0.2, 0.25) is 11.8 Å². The highest BCUT2D eigenvalue weighted by atomic mass is 16.5. The Morgan fingerprint density at radius 3 is 2.39 bits per heavy atom. The SMILES string of the molecule is Cc1cc(N2CCN(CC3CCN(c4ccc(Nc5cc6cc(-c7cnc8c(c7C)NCCO8)ccc6cn5)cc4)CC3)CC2)ccc1N1CCC(=O)NC1=O.[HH].[HH].[HH]. The monoisotopic (exact) mass is 757 g/mol. The van der Waals surface area contributed by atoms with E-state index in [-0.39, 0.29) is 16.2 Å². The molecule has 0 radical (unpaired) electrons. The Bertz CT molecular complexity index is 2280. The number of pyridine rings is 2. The minimum atomic E-state index is -0.336. The van der Waals surface area contributed by atoms with Crippen molar-refractivity contribution in [2.75, 3.05) is 90.8 Å². The van der Waals surface area contributed by atoms with Crippen molar-refractivity contribution in [3.63, 3.8) is 0 Å². The molecule has 0 saturated carbocycles. The Morgan fingerprint density at radius 1 is 0.821 bits per heavy atom. The average molecular weight is 758 g/mol. The number of urea groups is 1. The number of ether oxygens (including phenoxy) is 1. The maximum atomic E-state index is 12.4. The van der Waals surface area contributed by atoms with Crippen LogP contribution in [0.4, 0.5) is 39.0 Å². The number of nitrogens with zero attached hydrogens (tertiary/aromatic N) is 6. The summed E-state index contributed by atoms with van der Waals surface area (Å²) >= 11 is 0. The second-order valence-electron chi connectivity index (χ2n) is 15.5. The van der Waals surface area contributed by atoms with Crippen LogP contribution in [-0.4, -0.2) is 92.3 Å². The molecular weight excluding hydrogens is 703 g/mol. The van der Waals surface area contributed by atoms with Crippen LogP contribution in [0.15, 0.2) is 79.1 Å². The number of imide groups is 1. The number of hydrogen-bond donors (Lipinski definition) is 3. The number of amides is 3. The highest BCUT2D eigenvalue weighted by Gasteiger charge is 2.27. The van der Waals surface area contributed by atoms with E-state index in [0.29, 0.717) is 31.4 Å². The lowest BCUT2D eigenvalue weighted by Crippen LogP contribution is -2.50. The standard InChI is InChI=1S/C44H49N9O3.3H2/c1-29-23-37(9-10-39(29)53-17-13-41(54)49-44(53)55)52-20-18-50(19-21-52)28-31-11-15-51(16-12-31)36-7-5-35(6-8-36)48-40-25-34-24-32(3-4-33(34)26-46-40)38-27-47-43-42(30(38)2)45-14-22-56-43;;;/h3-10,23-27,31,45H,11-22,28H2,1-2H3,(H,46,48)(H,49,54,55);3*1H. The minimum absolute atomic E-state index is 0. The molecule has 3 saturated heterocycles. The number of carbonyl (C=O) groups excluding carboxylic acids is 2. The topological polar surface area (TPSA) is 118 Å². The van der Waals surface area contributed by atoms with Crippen molar-refractivity contribution in [3.8, 4) is 17.0 Å². The van der Waals surface area contributed by atoms with Crippen LogP contribution in [0.3, 0.4) is 0 Å². The Kier molecular flexibility index (Phi) is 9.80. The number of aryl methyl sites for hydroxylation is 1. The van der Waals surface area contributed by atoms with E-state index < -0.39 is 0 Å². The van der Waals surface area contributed by atoms with Gasteiger partial charge in [-0.1, -0.05) is 12.1 Å². The summed E-state index contributed by atoms with van der Waals surface area (Å²) < 4.78 is 5.73. The summed E-state index contributed by atoms with van der Waals surface area (Å²) in [6.45, 7) is 13.4. The zero-order valence-electron chi connectivity index (χ0n) is 32.2. The van der Waals surface area contributed by atoms with Gasteiger partial charge in [0, 0.05) is 116 Å². The van der Waals surface area contributed by atoms with Crippen molar-refractivity contribution < 1.29 is 18.6 Å². The van der Waals surface area contributed by atoms with Crippen LogP contribution < -0.4 is 35.4 Å². The lowest BCUT2D eigenvalue weighted by Gasteiger charge is -2.40. The maximum Gasteiger partial charge on any atom is 0.328 e. The number of aromatic nitrogens is 2. The molecule has 2 aromatic heterocycles. The van der Waals surface area contributed by atoms with Gasteiger partial charge in [0.25, 0.3) is 0 Å². The number of hydrogen-bond acceptors (Lipinski definition) is 10. The van der Waals surface area contributed by atoms with Gasteiger partial charge in [-0.2, -0.15) is 0 Å². The van der Waals surface area contributed by atoms with Gasteiger partial charge in [-0.3, -0.25) is 19.9 Å². The molecule has 5 aromatic rings. The first-order valence-electron chi connectivity index (χ1n) is 19.9. The first-order chi connectivity index (χ1) is 27.3. The summed E-state index contributed by atoms with van der Waals surface area (Å²) in [6.07, 6.45) is 6.57. The van der Waals surface area contributed by atoms with Gasteiger partial charge in [-0.25, -0.2) is 14.8 Å². The van der Waals surface area contributed by atoms with Gasteiger partial charge in [0.1, 0.15) is 18.1 Å². The van der Waals surface area contributed by atoms with Gasteiger partial charge < -0.3 is 25.2 Å². The van der Waals surface area contributed by atoms with E-state index in [9.17, 15) is 9.59 Å². The zero-order chi connectivity index (χ0) is 38.2. The molecule has 56 heavy (non-hydrogen) atoms. The molecule has 9 rings (SSSR count). The third-order valence-corrected chi connectivity index (χ3v) is 11.9. The maximum absolute atomic E-state index is 12.4. The molecule has 12 heteroatoms. The lowest BCUT2D eigenvalue weighted by atomic mass is 9.95. The van der Waals surface area contributed by atoms with Gasteiger partial charge in [0.15, 0.2) is 0 Å². The minimum Gasteiger partial charge on any atom is -0.474 e. The largest absolute Gasteiger partial charge is 0.474 e. The van der Waals surface area contributed by atoms with E-state index in [1.54, 1.807) is 4.90 Å². The van der Waals surface area contributed by atoms with Crippen molar-refractivity contribution in [1.29, 1.82) is 0 Å². The first-order valence-corrected chi connectivity index (χ1v) is 19.9. The average Bonchev–Trinajstić information content (AvgIpc) is 3.22. The summed E-state index contributed by atoms with van der Waals surface area (Å²) in [6, 6.07) is 23.3. The number of fused-ring (bicyclic) bond motifs is 2. The van der Waals surface area contributed by atoms with Crippen molar-refractivity contribution in [3.05, 3.63) is 90.3 Å². The molecule has 294 valence electrons. The lowest BCUT2D eigenvalue weighted by molar-refractivity contribution is -0.120. The molecule has 0 atom stereocenters. The van der Waals surface area contributed by atoms with Crippen LogP contribution in [0.5, 0.6) is 5.88 Å². The van der Waals surface area contributed by atoms with Crippen LogP contribution in [0.25, 0.3) is 21.9 Å². The number of nitrogens with one attached hydrogen (secondary N) is 3. The number of piperazine rings is 1. The highest BCUT2D eigenvalue weighted by molar-refractivity contribution is 6.06. The second kappa shape index (κ2) is 15.3. The summed E-state index contributed by atoms with van der Waals surface area (Å²) in [4.78, 5) is 42.5. The Labute approximate surface area is 332 Å². The summed E-state index contributed by atoms with van der Waals surface area (Å²) in [5.41, 5.74) is 9.73. The first kappa shape index (κ1) is 35.8. The van der Waals surface area contributed by atoms with Crippen LogP contribution in [0, 0.1) is 19.8 Å². The predicted octanol–water partition coefficient (Wildman–Crippen LogP) is 7.68. The van der Waals surface area contributed by atoms with Gasteiger partial charge in [-0.05, 0) is 109 Å². The van der Waals surface area contributed by atoms with Gasteiger partial charge in [0.05, 0.1) is 0 Å². The van der Waals surface area contributed by atoms with Crippen LogP contribution in [0.1, 0.15) is 34.7 Å². The molecule has 12 nitrogen and oxygen atoms in total. The van der Waals surface area contributed by atoms with Crippen molar-refractivity contribution in [2.45, 2.75) is 33.1 Å². The molecule has 0 bridgehead atoms. The number of rotatable bonds is 8. The third-order valence-electron chi connectivity index (χ3n) is 11.9. The fourth-order valence-corrected chi connectivity index (χ4v) is 8.65. The van der Waals surface area contributed by atoms with E-state index in [0.717, 1.165) is 108 Å². The number of anilines is 6. The smallest absolute Gasteiger partial charge is 0.328 e. The molecule has 3 amide bonds. The summed E-state index contributed by atoms with van der Waals surface area (Å²) in [5, 5.41) is 11.6. The van der Waals surface area contributed by atoms with Crippen molar-refractivity contribution in [1.82, 2.24) is 20.2 Å². The fourth-order valence-electron chi connectivity index (χ4n) is 8.65. The van der Waals surface area contributed by atoms with E-state index in [1.807, 2.05) is 25.4 Å². The highest BCUT2D eigenvalue weighted by Crippen LogP contribution is 2.37. The normalized spacial score (nSPS) is 18.0. The Balaban J connectivity index is 0.00000195. The molecule has 0 aliphatic carbocycles. The molecule has 3 fully saturated rings. The van der Waals surface area contributed by atoms with Crippen LogP contribution in [0.2, 0.25) is 0 Å². The van der Waals surface area contributed by atoms with Gasteiger partial charge >= 0.3 is 6.03 Å². The van der Waals surface area contributed by atoms with Crippen molar-refractivity contribution >= 4 is 57.0 Å². The summed E-state index contributed by atoms with van der Waals surface area (Å²) in [7, 11) is 0. The van der Waals surface area contributed by atoms with E-state index in [2.05, 4.69) is 103 Å². The van der Waals surface area contributed by atoms with Crippen molar-refractivity contribution in [2.24, 2.45) is 5.92 Å². The fraction of sp³-hybridized carbons (Fsp3) is 0.364. The Morgan fingerprint density at radius 2 is 1.61 bits per heavy atom. The summed E-state index contributed by atoms with van der Waals surface area (Å²) in [5.74, 6) is 1.99. The number of piperidine rings is 1. The third kappa shape index (κ3) is 7.40. The second-order valence-corrected chi connectivity index (χ2v) is 15.5. The number of benzene rings is 3. The van der Waals surface area contributed by atoms with E-state index in [4.69, 9.17) is 9.72 Å². The predicted molar refractivity (Wildman–Crippen MR) is 230 cm³/mol. The molecule has 3 N–H and O–H groups in total. The zero-order valence-corrected chi connectivity index (χ0v) is 32.2.